The zero-order chi connectivity index (χ0) is 17.3. The van der Waals surface area contributed by atoms with Gasteiger partial charge in [-0.2, -0.15) is 9.97 Å². The van der Waals surface area contributed by atoms with Crippen molar-refractivity contribution in [3.05, 3.63) is 46.1 Å². The fraction of sp³-hybridized carbons (Fsp3) is 0.412. The first-order chi connectivity index (χ1) is 11.3. The Balaban J connectivity index is 1.86. The number of nitro groups is 1. The zero-order valence-corrected chi connectivity index (χ0v) is 13.9. The number of hydrogen-bond donors (Lipinski definition) is 1. The highest BCUT2D eigenvalue weighted by Gasteiger charge is 2.27. The number of nitrogens with one attached hydrogen (secondary N) is 1. The lowest BCUT2D eigenvalue weighted by atomic mass is 9.87. The molecule has 0 bridgehead atoms. The Morgan fingerprint density at radius 3 is 2.71 bits per heavy atom. The van der Waals surface area contributed by atoms with Crippen LogP contribution < -0.4 is 10.1 Å². The first-order valence-corrected chi connectivity index (χ1v) is 7.89. The van der Waals surface area contributed by atoms with Crippen molar-refractivity contribution < 1.29 is 9.66 Å². The highest BCUT2D eigenvalue weighted by atomic mass is 16.6. The average Bonchev–Trinajstić information content (AvgIpc) is 3.30. The minimum absolute atomic E-state index is 0.00556. The van der Waals surface area contributed by atoms with E-state index in [-0.39, 0.29) is 29.0 Å². The third-order valence-electron chi connectivity index (χ3n) is 3.77. The highest BCUT2D eigenvalue weighted by Crippen LogP contribution is 2.31. The first-order valence-electron chi connectivity index (χ1n) is 7.89. The molecule has 0 saturated heterocycles. The van der Waals surface area contributed by atoms with Crippen molar-refractivity contribution >= 4 is 11.5 Å². The number of benzene rings is 1. The van der Waals surface area contributed by atoms with Gasteiger partial charge in [-0.25, -0.2) is 0 Å². The van der Waals surface area contributed by atoms with Gasteiger partial charge < -0.3 is 10.1 Å². The van der Waals surface area contributed by atoms with Crippen LogP contribution in [0.25, 0.3) is 0 Å². The van der Waals surface area contributed by atoms with Crippen molar-refractivity contribution in [2.24, 2.45) is 0 Å². The predicted octanol–water partition coefficient (Wildman–Crippen LogP) is 4.05. The molecule has 3 rings (SSSR count). The van der Waals surface area contributed by atoms with Crippen molar-refractivity contribution in [1.29, 1.82) is 0 Å². The number of rotatable bonds is 5. The molecule has 7 heteroatoms. The van der Waals surface area contributed by atoms with Gasteiger partial charge in [-0.1, -0.05) is 32.9 Å². The summed E-state index contributed by atoms with van der Waals surface area (Å²) in [5.74, 6) is 0.813. The van der Waals surface area contributed by atoms with E-state index in [1.165, 1.54) is 6.20 Å². The van der Waals surface area contributed by atoms with Crippen LogP contribution in [0.2, 0.25) is 0 Å². The second-order valence-electron chi connectivity index (χ2n) is 6.94. The standard InChI is InChI=1S/C17H20N4O3/c1-17(2,3)11-5-4-6-13(9-11)24-16-18-10-14(21(22)23)15(20-16)19-12-7-8-12/h4-6,9-10,12H,7-8H2,1-3H3,(H,18,19,20). The molecule has 7 nitrogen and oxygen atoms in total. The molecule has 0 spiro atoms. The van der Waals surface area contributed by atoms with E-state index >= 15 is 0 Å². The molecule has 1 aromatic heterocycles. The van der Waals surface area contributed by atoms with Gasteiger partial charge >= 0.3 is 11.7 Å². The lowest BCUT2D eigenvalue weighted by Crippen LogP contribution is -2.11. The average molecular weight is 328 g/mol. The van der Waals surface area contributed by atoms with E-state index in [1.807, 2.05) is 24.3 Å². The molecular weight excluding hydrogens is 308 g/mol. The third kappa shape index (κ3) is 3.79. The van der Waals surface area contributed by atoms with Gasteiger partial charge in [-0.05, 0) is 36.0 Å². The smallest absolute Gasteiger partial charge is 0.329 e. The highest BCUT2D eigenvalue weighted by molar-refractivity contribution is 5.56. The molecule has 1 N–H and O–H groups in total. The molecule has 1 fully saturated rings. The molecule has 126 valence electrons. The topological polar surface area (TPSA) is 90.2 Å². The summed E-state index contributed by atoms with van der Waals surface area (Å²) in [6.45, 7) is 6.35. The summed E-state index contributed by atoms with van der Waals surface area (Å²) in [6.07, 6.45) is 3.16. The Hall–Kier alpha value is -2.70. The van der Waals surface area contributed by atoms with Gasteiger partial charge in [0, 0.05) is 6.04 Å². The first kappa shape index (κ1) is 16.2. The Kier molecular flexibility index (Phi) is 4.09. The van der Waals surface area contributed by atoms with E-state index < -0.39 is 4.92 Å². The fourth-order valence-corrected chi connectivity index (χ4v) is 2.20. The lowest BCUT2D eigenvalue weighted by Gasteiger charge is -2.19. The van der Waals surface area contributed by atoms with Crippen molar-refractivity contribution in [2.45, 2.75) is 45.1 Å². The SMILES string of the molecule is CC(C)(C)c1cccc(Oc2ncc([N+](=O)[O-])c(NC3CC3)n2)c1. The number of ether oxygens (including phenoxy) is 1. The van der Waals surface area contributed by atoms with Gasteiger partial charge in [0.15, 0.2) is 0 Å². The second kappa shape index (κ2) is 6.07. The predicted molar refractivity (Wildman–Crippen MR) is 90.5 cm³/mol. The van der Waals surface area contributed by atoms with Crippen molar-refractivity contribution in [2.75, 3.05) is 5.32 Å². The maximum Gasteiger partial charge on any atom is 0.329 e. The molecule has 0 unspecified atom stereocenters. The Morgan fingerprint density at radius 1 is 1.33 bits per heavy atom. The van der Waals surface area contributed by atoms with Crippen LogP contribution in [0.4, 0.5) is 11.5 Å². The largest absolute Gasteiger partial charge is 0.424 e. The third-order valence-corrected chi connectivity index (χ3v) is 3.77. The van der Waals surface area contributed by atoms with Crippen LogP contribution in [0, 0.1) is 10.1 Å². The summed E-state index contributed by atoms with van der Waals surface area (Å²) >= 11 is 0. The van der Waals surface area contributed by atoms with E-state index in [0.29, 0.717) is 5.75 Å². The number of aromatic nitrogens is 2. The number of hydrogen-bond acceptors (Lipinski definition) is 6. The van der Waals surface area contributed by atoms with Crippen molar-refractivity contribution in [1.82, 2.24) is 9.97 Å². The lowest BCUT2D eigenvalue weighted by molar-refractivity contribution is -0.384. The zero-order valence-electron chi connectivity index (χ0n) is 13.9. The van der Waals surface area contributed by atoms with Crippen LogP contribution in [0.3, 0.4) is 0 Å². The van der Waals surface area contributed by atoms with Gasteiger partial charge in [0.1, 0.15) is 11.9 Å². The Labute approximate surface area is 140 Å². The molecule has 0 radical (unpaired) electrons. The maximum atomic E-state index is 11.1. The molecule has 0 atom stereocenters. The van der Waals surface area contributed by atoms with Crippen LogP contribution in [0.15, 0.2) is 30.5 Å². The van der Waals surface area contributed by atoms with E-state index in [1.54, 1.807) is 0 Å². The van der Waals surface area contributed by atoms with Crippen LogP contribution in [0.1, 0.15) is 39.2 Å². The minimum Gasteiger partial charge on any atom is -0.424 e. The molecule has 1 aromatic carbocycles. The normalized spacial score (nSPS) is 14.3. The number of anilines is 1. The summed E-state index contributed by atoms with van der Waals surface area (Å²) in [7, 11) is 0. The summed E-state index contributed by atoms with van der Waals surface area (Å²) in [4.78, 5) is 18.7. The Morgan fingerprint density at radius 2 is 2.08 bits per heavy atom. The second-order valence-corrected chi connectivity index (χ2v) is 6.94. The van der Waals surface area contributed by atoms with Crippen LogP contribution in [0.5, 0.6) is 11.8 Å². The molecule has 2 aromatic rings. The van der Waals surface area contributed by atoms with Crippen molar-refractivity contribution in [3.63, 3.8) is 0 Å². The maximum absolute atomic E-state index is 11.1. The molecule has 24 heavy (non-hydrogen) atoms. The molecule has 0 amide bonds. The van der Waals surface area contributed by atoms with Crippen LogP contribution in [-0.2, 0) is 5.41 Å². The van der Waals surface area contributed by atoms with E-state index in [2.05, 4.69) is 36.1 Å². The summed E-state index contributed by atoms with van der Waals surface area (Å²) in [5.41, 5.74) is 0.977. The summed E-state index contributed by atoms with van der Waals surface area (Å²) in [5, 5.41) is 14.1. The van der Waals surface area contributed by atoms with Gasteiger partial charge in [0.05, 0.1) is 4.92 Å². The Bertz CT molecular complexity index is 767. The van der Waals surface area contributed by atoms with Gasteiger partial charge in [0.25, 0.3) is 0 Å². The van der Waals surface area contributed by atoms with Gasteiger partial charge in [0.2, 0.25) is 5.82 Å². The monoisotopic (exact) mass is 328 g/mol. The minimum atomic E-state index is -0.491. The van der Waals surface area contributed by atoms with E-state index in [9.17, 15) is 10.1 Å². The summed E-state index contributed by atoms with van der Waals surface area (Å²) in [6, 6.07) is 8.02. The van der Waals surface area contributed by atoms with E-state index in [0.717, 1.165) is 18.4 Å². The summed E-state index contributed by atoms with van der Waals surface area (Å²) < 4.78 is 5.71. The molecule has 1 aliphatic carbocycles. The fourth-order valence-electron chi connectivity index (χ4n) is 2.20. The molecule has 1 heterocycles. The molecule has 1 saturated carbocycles. The van der Waals surface area contributed by atoms with Crippen LogP contribution >= 0.6 is 0 Å². The molecule has 1 aliphatic rings. The van der Waals surface area contributed by atoms with Gasteiger partial charge in [-0.15, -0.1) is 0 Å². The number of nitrogens with zero attached hydrogens (tertiary/aromatic N) is 3. The molecular formula is C17H20N4O3. The molecule has 0 aliphatic heterocycles. The van der Waals surface area contributed by atoms with Gasteiger partial charge in [-0.3, -0.25) is 10.1 Å². The van der Waals surface area contributed by atoms with Crippen LogP contribution in [-0.4, -0.2) is 20.9 Å². The quantitative estimate of drug-likeness (QED) is 0.658. The van der Waals surface area contributed by atoms with E-state index in [4.69, 9.17) is 4.74 Å². The van der Waals surface area contributed by atoms with Crippen molar-refractivity contribution in [3.8, 4) is 11.8 Å².